The van der Waals surface area contributed by atoms with Crippen LogP contribution in [0.2, 0.25) is 0 Å². The zero-order valence-electron chi connectivity index (χ0n) is 17.6. The second-order valence-electron chi connectivity index (χ2n) is 7.22. The minimum atomic E-state index is 0.346. The number of methoxy groups -OCH3 is 1. The number of hydrogen-bond donors (Lipinski definition) is 2. The van der Waals surface area contributed by atoms with E-state index in [4.69, 9.17) is 9.73 Å². The Balaban J connectivity index is 1.66. The second kappa shape index (κ2) is 8.99. The highest BCUT2D eigenvalue weighted by Crippen LogP contribution is 2.30. The van der Waals surface area contributed by atoms with Crippen LogP contribution >= 0.6 is 0 Å². The van der Waals surface area contributed by atoms with E-state index in [1.807, 2.05) is 30.8 Å². The van der Waals surface area contributed by atoms with Gasteiger partial charge in [0, 0.05) is 44.0 Å². The molecule has 1 aliphatic heterocycles. The van der Waals surface area contributed by atoms with E-state index in [1.54, 1.807) is 7.11 Å². The van der Waals surface area contributed by atoms with Gasteiger partial charge in [-0.3, -0.25) is 4.68 Å². The zero-order valence-corrected chi connectivity index (χ0v) is 17.6. The van der Waals surface area contributed by atoms with Gasteiger partial charge in [0.25, 0.3) is 0 Å². The van der Waals surface area contributed by atoms with Crippen molar-refractivity contribution in [1.29, 1.82) is 0 Å². The molecule has 0 aliphatic carbocycles. The van der Waals surface area contributed by atoms with Gasteiger partial charge in [-0.25, -0.2) is 4.99 Å². The van der Waals surface area contributed by atoms with Crippen molar-refractivity contribution in [2.75, 3.05) is 31.6 Å². The fourth-order valence-electron chi connectivity index (χ4n) is 3.71. The van der Waals surface area contributed by atoms with Crippen molar-refractivity contribution >= 4 is 11.6 Å². The van der Waals surface area contributed by atoms with E-state index in [0.29, 0.717) is 12.6 Å². The van der Waals surface area contributed by atoms with E-state index in [-0.39, 0.29) is 0 Å². The van der Waals surface area contributed by atoms with Crippen LogP contribution in [-0.2, 0) is 13.6 Å². The molecule has 1 aromatic heterocycles. The van der Waals surface area contributed by atoms with Gasteiger partial charge in [0.05, 0.1) is 25.0 Å². The molecular weight excluding hydrogens is 352 g/mol. The van der Waals surface area contributed by atoms with Gasteiger partial charge in [-0.2, -0.15) is 5.10 Å². The van der Waals surface area contributed by atoms with Gasteiger partial charge < -0.3 is 20.3 Å². The van der Waals surface area contributed by atoms with Crippen LogP contribution < -0.4 is 20.3 Å². The number of nitrogens with zero attached hydrogens (tertiary/aromatic N) is 4. The lowest BCUT2D eigenvalue weighted by molar-refractivity contribution is 0.415. The Morgan fingerprint density at radius 1 is 1.32 bits per heavy atom. The van der Waals surface area contributed by atoms with Crippen LogP contribution in [0.5, 0.6) is 5.75 Å². The third-order valence-electron chi connectivity index (χ3n) is 5.35. The van der Waals surface area contributed by atoms with Crippen LogP contribution in [0.25, 0.3) is 0 Å². The van der Waals surface area contributed by atoms with Crippen molar-refractivity contribution in [3.05, 3.63) is 41.2 Å². The predicted octanol–water partition coefficient (Wildman–Crippen LogP) is 2.38. The molecule has 7 nitrogen and oxygen atoms in total. The molecule has 152 valence electrons. The van der Waals surface area contributed by atoms with Crippen LogP contribution in [0.4, 0.5) is 5.69 Å². The number of benzene rings is 1. The largest absolute Gasteiger partial charge is 0.495 e. The number of rotatable bonds is 6. The molecule has 0 bridgehead atoms. The van der Waals surface area contributed by atoms with E-state index < -0.39 is 0 Å². The number of hydrogen-bond acceptors (Lipinski definition) is 4. The number of aryl methyl sites for hydroxylation is 2. The highest BCUT2D eigenvalue weighted by molar-refractivity contribution is 5.80. The van der Waals surface area contributed by atoms with E-state index >= 15 is 0 Å². The van der Waals surface area contributed by atoms with E-state index in [1.165, 1.54) is 11.3 Å². The number of nitrogens with one attached hydrogen (secondary N) is 2. The van der Waals surface area contributed by atoms with Gasteiger partial charge in [-0.1, -0.05) is 12.1 Å². The fraction of sp³-hybridized carbons (Fsp3) is 0.524. The van der Waals surface area contributed by atoms with Gasteiger partial charge in [-0.15, -0.1) is 0 Å². The Kier molecular flexibility index (Phi) is 6.44. The van der Waals surface area contributed by atoms with Crippen molar-refractivity contribution in [2.24, 2.45) is 12.0 Å². The molecule has 2 heterocycles. The maximum absolute atomic E-state index is 5.52. The molecule has 28 heavy (non-hydrogen) atoms. The monoisotopic (exact) mass is 384 g/mol. The van der Waals surface area contributed by atoms with Crippen molar-refractivity contribution in [2.45, 2.75) is 39.8 Å². The van der Waals surface area contributed by atoms with Crippen LogP contribution in [0, 0.1) is 13.8 Å². The molecule has 3 rings (SSSR count). The van der Waals surface area contributed by atoms with Crippen molar-refractivity contribution in [3.8, 4) is 5.75 Å². The van der Waals surface area contributed by atoms with Crippen molar-refractivity contribution in [1.82, 2.24) is 20.4 Å². The van der Waals surface area contributed by atoms with E-state index in [2.05, 4.69) is 46.6 Å². The Hall–Kier alpha value is -2.70. The minimum absolute atomic E-state index is 0.346. The topological polar surface area (TPSA) is 66.7 Å². The van der Waals surface area contributed by atoms with Gasteiger partial charge in [0.15, 0.2) is 5.96 Å². The van der Waals surface area contributed by atoms with E-state index in [9.17, 15) is 0 Å². The van der Waals surface area contributed by atoms with Gasteiger partial charge in [-0.05, 0) is 39.3 Å². The number of aliphatic imine (C=N–C) groups is 1. The third kappa shape index (κ3) is 4.40. The molecule has 7 heteroatoms. The lowest BCUT2D eigenvalue weighted by atomic mass is 10.2. The molecule has 2 aromatic rings. The average molecular weight is 385 g/mol. The van der Waals surface area contributed by atoms with Crippen LogP contribution in [0.1, 0.15) is 30.3 Å². The van der Waals surface area contributed by atoms with Crippen LogP contribution in [0.15, 0.2) is 29.3 Å². The first kappa shape index (κ1) is 20.0. The summed E-state index contributed by atoms with van der Waals surface area (Å²) in [4.78, 5) is 7.18. The first-order chi connectivity index (χ1) is 13.5. The first-order valence-corrected chi connectivity index (χ1v) is 9.95. The van der Waals surface area contributed by atoms with E-state index in [0.717, 1.165) is 49.1 Å². The summed E-state index contributed by atoms with van der Waals surface area (Å²) in [6, 6.07) is 8.54. The lowest BCUT2D eigenvalue weighted by Crippen LogP contribution is -2.44. The van der Waals surface area contributed by atoms with Crippen LogP contribution in [0.3, 0.4) is 0 Å². The summed E-state index contributed by atoms with van der Waals surface area (Å²) < 4.78 is 7.44. The smallest absolute Gasteiger partial charge is 0.191 e. The summed E-state index contributed by atoms with van der Waals surface area (Å²) in [5.41, 5.74) is 4.56. The highest BCUT2D eigenvalue weighted by Gasteiger charge is 2.25. The Morgan fingerprint density at radius 3 is 2.79 bits per heavy atom. The lowest BCUT2D eigenvalue weighted by Gasteiger charge is -2.22. The maximum Gasteiger partial charge on any atom is 0.191 e. The van der Waals surface area contributed by atoms with Crippen molar-refractivity contribution in [3.63, 3.8) is 0 Å². The molecule has 1 fully saturated rings. The third-order valence-corrected chi connectivity index (χ3v) is 5.35. The molecule has 0 spiro atoms. The minimum Gasteiger partial charge on any atom is -0.495 e. The summed E-state index contributed by atoms with van der Waals surface area (Å²) in [7, 11) is 3.70. The summed E-state index contributed by atoms with van der Waals surface area (Å²) in [6.07, 6.45) is 1.06. The summed E-state index contributed by atoms with van der Waals surface area (Å²) in [5.74, 6) is 1.78. The normalized spacial score (nSPS) is 17.1. The Bertz CT molecular complexity index is 828. The summed E-state index contributed by atoms with van der Waals surface area (Å²) >= 11 is 0. The summed E-state index contributed by atoms with van der Waals surface area (Å²) in [5, 5.41) is 11.5. The number of ether oxygens (including phenoxy) is 1. The van der Waals surface area contributed by atoms with Gasteiger partial charge in [0.1, 0.15) is 5.75 Å². The van der Waals surface area contributed by atoms with Crippen LogP contribution in [-0.4, -0.2) is 48.5 Å². The average Bonchev–Trinajstić information content (AvgIpc) is 3.25. The molecule has 0 radical (unpaired) electrons. The maximum atomic E-state index is 5.52. The highest BCUT2D eigenvalue weighted by atomic mass is 16.5. The van der Waals surface area contributed by atoms with Gasteiger partial charge in [0.2, 0.25) is 0 Å². The number of guanidine groups is 1. The molecule has 2 N–H and O–H groups in total. The van der Waals surface area contributed by atoms with Crippen molar-refractivity contribution < 1.29 is 4.74 Å². The first-order valence-electron chi connectivity index (χ1n) is 9.95. The standard InChI is InChI=1S/C21H32N6O/c1-6-22-21(23-13-18-15(2)25-26(4)16(18)3)24-17-11-12-27(14-17)19-9-7-8-10-20(19)28-5/h7-10,17H,6,11-14H2,1-5H3,(H2,22,23,24). The molecule has 1 aromatic carbocycles. The van der Waals surface area contributed by atoms with Gasteiger partial charge >= 0.3 is 0 Å². The molecular formula is C21H32N6O. The molecule has 1 atom stereocenters. The molecule has 1 aliphatic rings. The zero-order chi connectivity index (χ0) is 20.1. The summed E-state index contributed by atoms with van der Waals surface area (Å²) in [6.45, 7) is 9.61. The fourth-order valence-corrected chi connectivity index (χ4v) is 3.71. The SMILES string of the molecule is CCNC(=NCc1c(C)nn(C)c1C)NC1CCN(c2ccccc2OC)C1. The molecule has 0 amide bonds. The second-order valence-corrected chi connectivity index (χ2v) is 7.22. The molecule has 1 unspecified atom stereocenters. The number of aromatic nitrogens is 2. The predicted molar refractivity (Wildman–Crippen MR) is 114 cm³/mol. The molecule has 1 saturated heterocycles. The molecule has 0 saturated carbocycles. The number of para-hydroxylation sites is 2. The number of anilines is 1. The quantitative estimate of drug-likeness (QED) is 0.591. The Morgan fingerprint density at radius 2 is 2.11 bits per heavy atom. The Labute approximate surface area is 167 Å².